The van der Waals surface area contributed by atoms with Gasteiger partial charge in [-0.05, 0) is 30.2 Å². The number of allylic oxidation sites excluding steroid dienone is 1. The molecule has 8 heteroatoms. The Morgan fingerprint density at radius 1 is 1.09 bits per heavy atom. The maximum absolute atomic E-state index is 12.8. The van der Waals surface area contributed by atoms with E-state index in [1.54, 1.807) is 38.2 Å². The van der Waals surface area contributed by atoms with E-state index >= 15 is 0 Å². The number of methoxy groups -OCH3 is 1. The number of ether oxygens (including phenoxy) is 2. The maximum Gasteiger partial charge on any atom is 0.338 e. The number of nitrogens with one attached hydrogen (secondary N) is 2. The third kappa shape index (κ3) is 5.53. The summed E-state index contributed by atoms with van der Waals surface area (Å²) in [7, 11) is 3.11. The van der Waals surface area contributed by atoms with Gasteiger partial charge in [0.25, 0.3) is 0 Å². The number of nitrogens with zero attached hydrogens (tertiary/aromatic N) is 1. The summed E-state index contributed by atoms with van der Waals surface area (Å²) in [5, 5.41) is 5.72. The zero-order chi connectivity index (χ0) is 23.1. The molecule has 3 rings (SSSR count). The van der Waals surface area contributed by atoms with Crippen LogP contribution in [-0.2, 0) is 25.5 Å². The Morgan fingerprint density at radius 3 is 2.56 bits per heavy atom. The van der Waals surface area contributed by atoms with E-state index in [9.17, 15) is 14.4 Å². The Hall–Kier alpha value is -3.65. The standard InChI is InChI=1S/C24H27N3O5/c1-16-21(23(29)32-13-12-31-3)22(26-24(30)27(16)2)18-10-7-11-19(15-18)25-20(28)14-17-8-5-4-6-9-17/h4-11,15,22H,12-14H2,1-3H3,(H,25,28)(H,26,30). The fourth-order valence-corrected chi connectivity index (χ4v) is 3.43. The van der Waals surface area contributed by atoms with E-state index in [-0.39, 0.29) is 31.6 Å². The molecule has 168 valence electrons. The molecule has 0 saturated heterocycles. The first-order chi connectivity index (χ1) is 15.4. The van der Waals surface area contributed by atoms with Crippen LogP contribution in [0, 0.1) is 0 Å². The summed E-state index contributed by atoms with van der Waals surface area (Å²) in [5.74, 6) is -0.693. The van der Waals surface area contributed by atoms with Crippen LogP contribution in [0.3, 0.4) is 0 Å². The Kier molecular flexibility index (Phi) is 7.62. The van der Waals surface area contributed by atoms with Gasteiger partial charge in [-0.15, -0.1) is 0 Å². The van der Waals surface area contributed by atoms with Crippen LogP contribution in [0.5, 0.6) is 0 Å². The number of hydrogen-bond donors (Lipinski definition) is 2. The third-order valence-corrected chi connectivity index (χ3v) is 5.21. The summed E-state index contributed by atoms with van der Waals surface area (Å²) < 4.78 is 10.3. The first-order valence-corrected chi connectivity index (χ1v) is 10.3. The normalized spacial score (nSPS) is 15.9. The SMILES string of the molecule is COCCOC(=O)C1=C(C)N(C)C(=O)NC1c1cccc(NC(=O)Cc2ccccc2)c1. The van der Waals surface area contributed by atoms with Crippen molar-refractivity contribution in [1.82, 2.24) is 10.2 Å². The number of esters is 1. The fourth-order valence-electron chi connectivity index (χ4n) is 3.43. The molecule has 1 aliphatic heterocycles. The van der Waals surface area contributed by atoms with Crippen LogP contribution in [0.25, 0.3) is 0 Å². The maximum atomic E-state index is 12.8. The zero-order valence-electron chi connectivity index (χ0n) is 18.4. The summed E-state index contributed by atoms with van der Waals surface area (Å²) in [6.07, 6.45) is 0.242. The number of anilines is 1. The van der Waals surface area contributed by atoms with Gasteiger partial charge in [0.15, 0.2) is 0 Å². The van der Waals surface area contributed by atoms with Gasteiger partial charge in [-0.1, -0.05) is 42.5 Å². The molecule has 1 heterocycles. The molecular weight excluding hydrogens is 410 g/mol. The summed E-state index contributed by atoms with van der Waals surface area (Å²) >= 11 is 0. The summed E-state index contributed by atoms with van der Waals surface area (Å²) in [6.45, 7) is 2.07. The minimum Gasteiger partial charge on any atom is -0.460 e. The average molecular weight is 437 g/mol. The topological polar surface area (TPSA) is 97.0 Å². The average Bonchev–Trinajstić information content (AvgIpc) is 2.78. The molecule has 1 atom stereocenters. The molecule has 32 heavy (non-hydrogen) atoms. The van der Waals surface area contributed by atoms with Gasteiger partial charge >= 0.3 is 12.0 Å². The van der Waals surface area contributed by atoms with Crippen LogP contribution in [0.4, 0.5) is 10.5 Å². The largest absolute Gasteiger partial charge is 0.460 e. The second-order valence-electron chi connectivity index (χ2n) is 7.41. The molecule has 0 aliphatic carbocycles. The van der Waals surface area contributed by atoms with Crippen LogP contribution in [-0.4, -0.2) is 50.2 Å². The number of amides is 3. The van der Waals surface area contributed by atoms with Gasteiger partial charge in [0.05, 0.1) is 24.6 Å². The second kappa shape index (κ2) is 10.6. The first kappa shape index (κ1) is 23.0. The number of hydrogen-bond acceptors (Lipinski definition) is 5. The highest BCUT2D eigenvalue weighted by molar-refractivity contribution is 5.95. The van der Waals surface area contributed by atoms with Gasteiger partial charge in [0.1, 0.15) is 6.61 Å². The number of urea groups is 1. The lowest BCUT2D eigenvalue weighted by Crippen LogP contribution is -2.46. The van der Waals surface area contributed by atoms with Gasteiger partial charge in [-0.25, -0.2) is 9.59 Å². The molecule has 0 bridgehead atoms. The van der Waals surface area contributed by atoms with Crippen molar-refractivity contribution in [2.75, 3.05) is 32.7 Å². The van der Waals surface area contributed by atoms with Gasteiger partial charge < -0.3 is 25.0 Å². The van der Waals surface area contributed by atoms with Crippen LogP contribution < -0.4 is 10.6 Å². The van der Waals surface area contributed by atoms with Crippen molar-refractivity contribution in [2.45, 2.75) is 19.4 Å². The highest BCUT2D eigenvalue weighted by Gasteiger charge is 2.35. The molecule has 2 aromatic carbocycles. The summed E-state index contributed by atoms with van der Waals surface area (Å²) in [6, 6.07) is 15.5. The van der Waals surface area contributed by atoms with Crippen molar-refractivity contribution in [3.8, 4) is 0 Å². The number of carbonyl (C=O) groups is 3. The van der Waals surface area contributed by atoms with Gasteiger partial charge in [-0.2, -0.15) is 0 Å². The molecular formula is C24H27N3O5. The second-order valence-corrected chi connectivity index (χ2v) is 7.41. The van der Waals surface area contributed by atoms with Gasteiger partial charge in [0, 0.05) is 25.5 Å². The van der Waals surface area contributed by atoms with Crippen molar-refractivity contribution in [3.63, 3.8) is 0 Å². The van der Waals surface area contributed by atoms with E-state index in [4.69, 9.17) is 9.47 Å². The minimum atomic E-state index is -0.709. The number of rotatable bonds is 8. The lowest BCUT2D eigenvalue weighted by molar-refractivity contribution is -0.141. The Bertz CT molecular complexity index is 1020. The lowest BCUT2D eigenvalue weighted by atomic mass is 9.94. The monoisotopic (exact) mass is 437 g/mol. The predicted octanol–water partition coefficient (Wildman–Crippen LogP) is 3.03. The van der Waals surface area contributed by atoms with E-state index < -0.39 is 12.0 Å². The van der Waals surface area contributed by atoms with Gasteiger partial charge in [0.2, 0.25) is 5.91 Å². The van der Waals surface area contributed by atoms with Crippen molar-refractivity contribution in [3.05, 3.63) is 77.0 Å². The van der Waals surface area contributed by atoms with Crippen molar-refractivity contribution >= 4 is 23.6 Å². The third-order valence-electron chi connectivity index (χ3n) is 5.21. The molecule has 1 unspecified atom stereocenters. The Balaban J connectivity index is 1.82. The molecule has 0 radical (unpaired) electrons. The van der Waals surface area contributed by atoms with Crippen LogP contribution in [0.15, 0.2) is 65.9 Å². The summed E-state index contributed by atoms with van der Waals surface area (Å²) in [5.41, 5.74) is 2.96. The van der Waals surface area contributed by atoms with E-state index in [0.29, 0.717) is 22.5 Å². The molecule has 0 aromatic heterocycles. The molecule has 1 aliphatic rings. The van der Waals surface area contributed by atoms with Crippen LogP contribution in [0.2, 0.25) is 0 Å². The molecule has 2 aromatic rings. The minimum absolute atomic E-state index is 0.103. The first-order valence-electron chi connectivity index (χ1n) is 10.3. The number of carbonyl (C=O) groups excluding carboxylic acids is 3. The molecule has 8 nitrogen and oxygen atoms in total. The quantitative estimate of drug-likeness (QED) is 0.489. The molecule has 0 spiro atoms. The highest BCUT2D eigenvalue weighted by Crippen LogP contribution is 2.31. The van der Waals surface area contributed by atoms with Crippen molar-refractivity contribution in [2.24, 2.45) is 0 Å². The predicted molar refractivity (Wildman–Crippen MR) is 120 cm³/mol. The van der Waals surface area contributed by atoms with E-state index in [0.717, 1.165) is 5.56 Å². The van der Waals surface area contributed by atoms with E-state index in [2.05, 4.69) is 10.6 Å². The molecule has 0 saturated carbocycles. The Morgan fingerprint density at radius 2 is 1.84 bits per heavy atom. The summed E-state index contributed by atoms with van der Waals surface area (Å²) in [4.78, 5) is 39.0. The van der Waals surface area contributed by atoms with Crippen molar-refractivity contribution < 1.29 is 23.9 Å². The van der Waals surface area contributed by atoms with Crippen LogP contribution >= 0.6 is 0 Å². The smallest absolute Gasteiger partial charge is 0.338 e. The van der Waals surface area contributed by atoms with E-state index in [1.165, 1.54) is 12.0 Å². The van der Waals surface area contributed by atoms with Gasteiger partial charge in [-0.3, -0.25) is 4.79 Å². The molecule has 3 amide bonds. The zero-order valence-corrected chi connectivity index (χ0v) is 18.4. The van der Waals surface area contributed by atoms with E-state index in [1.807, 2.05) is 30.3 Å². The highest BCUT2D eigenvalue weighted by atomic mass is 16.6. The fraction of sp³-hybridized carbons (Fsp3) is 0.292. The van der Waals surface area contributed by atoms with Crippen molar-refractivity contribution in [1.29, 1.82) is 0 Å². The Labute approximate surface area is 187 Å². The molecule has 2 N–H and O–H groups in total. The lowest BCUT2D eigenvalue weighted by Gasteiger charge is -2.33. The van der Waals surface area contributed by atoms with Crippen LogP contribution in [0.1, 0.15) is 24.1 Å². The number of benzene rings is 2. The molecule has 0 fully saturated rings.